The molecule has 0 unspecified atom stereocenters. The van der Waals surface area contributed by atoms with Crippen molar-refractivity contribution in [3.8, 4) is 5.75 Å². The summed E-state index contributed by atoms with van der Waals surface area (Å²) in [6.07, 6.45) is -1.98. The largest absolute Gasteiger partial charge is 0.491 e. The summed E-state index contributed by atoms with van der Waals surface area (Å²) < 4.78 is 10.6. The Labute approximate surface area is 199 Å². The number of rotatable bonds is 12. The lowest BCUT2D eigenvalue weighted by atomic mass is 9.96. The molecular weight excluding hydrogens is 440 g/mol. The van der Waals surface area contributed by atoms with E-state index >= 15 is 0 Å². The van der Waals surface area contributed by atoms with Crippen LogP contribution in [0.1, 0.15) is 31.9 Å². The van der Waals surface area contributed by atoms with E-state index in [1.165, 1.54) is 0 Å². The number of benzene rings is 2. The maximum absolute atomic E-state index is 12.4. The molecule has 5 N–H and O–H groups in total. The molecule has 2 rings (SSSR count). The molecule has 2 aromatic carbocycles. The molecule has 34 heavy (non-hydrogen) atoms. The maximum atomic E-state index is 12.4. The van der Waals surface area contributed by atoms with Crippen molar-refractivity contribution in [2.45, 2.75) is 57.5 Å². The molecule has 1 amide bonds. The number of aliphatic hydroxyl groups excluding tert-OH is 2. The van der Waals surface area contributed by atoms with E-state index in [9.17, 15) is 19.8 Å². The molecule has 0 spiro atoms. The third kappa shape index (κ3) is 9.38. The first-order chi connectivity index (χ1) is 16.1. The Balaban J connectivity index is 2.12. The molecule has 0 aromatic heterocycles. The molecular formula is C25H34N2O7. The molecule has 0 aliphatic rings. The summed E-state index contributed by atoms with van der Waals surface area (Å²) in [6.45, 7) is 5.41. The van der Waals surface area contributed by atoms with Crippen molar-refractivity contribution < 1.29 is 34.4 Å². The molecule has 9 nitrogen and oxygen atoms in total. The number of aliphatic hydroxyl groups is 2. The fraction of sp³-hybridized carbons (Fsp3) is 0.440. The molecule has 9 heteroatoms. The van der Waals surface area contributed by atoms with Crippen LogP contribution in [0.2, 0.25) is 0 Å². The van der Waals surface area contributed by atoms with Crippen LogP contribution in [0.15, 0.2) is 54.6 Å². The van der Waals surface area contributed by atoms with Gasteiger partial charge in [-0.3, -0.25) is 10.1 Å². The van der Waals surface area contributed by atoms with Crippen molar-refractivity contribution in [3.63, 3.8) is 0 Å². The second-order valence-corrected chi connectivity index (χ2v) is 8.85. The van der Waals surface area contributed by atoms with Crippen molar-refractivity contribution in [2.75, 3.05) is 13.2 Å². The van der Waals surface area contributed by atoms with Crippen LogP contribution in [0.4, 0.5) is 4.79 Å². The predicted octanol–water partition coefficient (Wildman–Crippen LogP) is 2.10. The minimum absolute atomic E-state index is 0.0943. The molecule has 0 aliphatic carbocycles. The summed E-state index contributed by atoms with van der Waals surface area (Å²) in [5.74, 6) is -0.670. The summed E-state index contributed by atoms with van der Waals surface area (Å²) in [5, 5.41) is 35.1. The molecule has 0 bridgehead atoms. The van der Waals surface area contributed by atoms with Crippen molar-refractivity contribution in [1.82, 2.24) is 10.6 Å². The molecule has 0 fully saturated rings. The van der Waals surface area contributed by atoms with Gasteiger partial charge in [-0.2, -0.15) is 0 Å². The summed E-state index contributed by atoms with van der Waals surface area (Å²) >= 11 is 0. The van der Waals surface area contributed by atoms with Gasteiger partial charge in [0.25, 0.3) is 0 Å². The summed E-state index contributed by atoms with van der Waals surface area (Å²) in [7, 11) is 0. The minimum atomic E-state index is -1.45. The van der Waals surface area contributed by atoms with Crippen molar-refractivity contribution >= 4 is 12.1 Å². The summed E-state index contributed by atoms with van der Waals surface area (Å²) in [4.78, 5) is 24.4. The molecule has 0 aliphatic heterocycles. The van der Waals surface area contributed by atoms with Crippen LogP contribution in [0.5, 0.6) is 5.75 Å². The standard InChI is InChI=1S/C25H34N2O7/c1-25(2,3)34-24(32)27-20(15-17-7-5-4-6-8-17)22(29)21(23(30)31)26-16-18-9-11-19(12-10-18)33-14-13-28/h4-12,20-22,26,28-29H,13-16H2,1-3H3,(H,27,32)(H,30,31)/t20-,21+,22+/m0/s1. The topological polar surface area (TPSA) is 137 Å². The Bertz CT molecular complexity index is 898. The maximum Gasteiger partial charge on any atom is 0.407 e. The zero-order valence-corrected chi connectivity index (χ0v) is 19.7. The first-order valence-electron chi connectivity index (χ1n) is 11.1. The number of amides is 1. The molecule has 2 aromatic rings. The molecule has 186 valence electrons. The number of carboxylic acids is 1. The number of nitrogens with one attached hydrogen (secondary N) is 2. The van der Waals surface area contributed by atoms with Gasteiger partial charge in [0, 0.05) is 6.54 Å². The van der Waals surface area contributed by atoms with Crippen LogP contribution in [0.25, 0.3) is 0 Å². The third-order valence-electron chi connectivity index (χ3n) is 4.83. The van der Waals surface area contributed by atoms with Crippen molar-refractivity contribution in [3.05, 3.63) is 65.7 Å². The van der Waals surface area contributed by atoms with Gasteiger partial charge >= 0.3 is 12.1 Å². The Morgan fingerprint density at radius 3 is 2.21 bits per heavy atom. The average Bonchev–Trinajstić information content (AvgIpc) is 2.77. The Kier molecular flexibility index (Phi) is 10.3. The van der Waals surface area contributed by atoms with E-state index in [0.29, 0.717) is 5.75 Å². The van der Waals surface area contributed by atoms with Crippen molar-refractivity contribution in [2.24, 2.45) is 0 Å². The number of ether oxygens (including phenoxy) is 2. The van der Waals surface area contributed by atoms with E-state index < -0.39 is 35.9 Å². The van der Waals surface area contributed by atoms with E-state index in [0.717, 1.165) is 11.1 Å². The van der Waals surface area contributed by atoms with E-state index in [2.05, 4.69) is 10.6 Å². The Hall–Kier alpha value is -3.14. The fourth-order valence-corrected chi connectivity index (χ4v) is 3.27. The number of carboxylic acid groups (broad SMARTS) is 1. The lowest BCUT2D eigenvalue weighted by molar-refractivity contribution is -0.143. The highest BCUT2D eigenvalue weighted by Crippen LogP contribution is 2.15. The lowest BCUT2D eigenvalue weighted by Gasteiger charge is -2.30. The molecule has 0 saturated carbocycles. The first-order valence-corrected chi connectivity index (χ1v) is 11.1. The summed E-state index contributed by atoms with van der Waals surface area (Å²) in [5.41, 5.74) is 0.851. The predicted molar refractivity (Wildman–Crippen MR) is 127 cm³/mol. The first kappa shape index (κ1) is 27.1. The highest BCUT2D eigenvalue weighted by Gasteiger charge is 2.34. The van der Waals surface area contributed by atoms with Crippen LogP contribution in [-0.4, -0.2) is 64.4 Å². The smallest absolute Gasteiger partial charge is 0.407 e. The van der Waals surface area contributed by atoms with Gasteiger partial charge in [0.05, 0.1) is 12.6 Å². The highest BCUT2D eigenvalue weighted by molar-refractivity contribution is 5.75. The zero-order chi connectivity index (χ0) is 25.1. The molecule has 3 atom stereocenters. The van der Waals surface area contributed by atoms with Gasteiger partial charge in [0.15, 0.2) is 0 Å². The Morgan fingerprint density at radius 1 is 1.00 bits per heavy atom. The summed E-state index contributed by atoms with van der Waals surface area (Å²) in [6, 6.07) is 13.8. The van der Waals surface area contributed by atoms with Crippen LogP contribution >= 0.6 is 0 Å². The van der Waals surface area contributed by atoms with Crippen LogP contribution < -0.4 is 15.4 Å². The normalized spacial score (nSPS) is 14.0. The van der Waals surface area contributed by atoms with Gasteiger partial charge in [-0.25, -0.2) is 4.79 Å². The van der Waals surface area contributed by atoms with Gasteiger partial charge < -0.3 is 30.1 Å². The number of hydrogen-bond acceptors (Lipinski definition) is 7. The van der Waals surface area contributed by atoms with Crippen LogP contribution in [0, 0.1) is 0 Å². The van der Waals surface area contributed by atoms with Crippen LogP contribution in [0.3, 0.4) is 0 Å². The van der Waals surface area contributed by atoms with Gasteiger partial charge in [-0.1, -0.05) is 42.5 Å². The molecule has 0 saturated heterocycles. The highest BCUT2D eigenvalue weighted by atomic mass is 16.6. The average molecular weight is 475 g/mol. The van der Waals surface area contributed by atoms with Gasteiger partial charge in [-0.15, -0.1) is 0 Å². The van der Waals surface area contributed by atoms with Gasteiger partial charge in [-0.05, 0) is 50.5 Å². The number of aliphatic carboxylic acids is 1. The van der Waals surface area contributed by atoms with Crippen LogP contribution in [-0.2, 0) is 22.5 Å². The SMILES string of the molecule is CC(C)(C)OC(=O)N[C@@H](Cc1ccccc1)[C@@H](O)[C@@H](NCc1ccc(OCCO)cc1)C(=O)O. The van der Waals surface area contributed by atoms with Gasteiger partial charge in [0.2, 0.25) is 0 Å². The zero-order valence-electron chi connectivity index (χ0n) is 19.7. The monoisotopic (exact) mass is 474 g/mol. The van der Waals surface area contributed by atoms with Crippen molar-refractivity contribution in [1.29, 1.82) is 0 Å². The van der Waals surface area contributed by atoms with E-state index in [4.69, 9.17) is 14.6 Å². The quantitative estimate of drug-likeness (QED) is 0.315. The van der Waals surface area contributed by atoms with Gasteiger partial charge in [0.1, 0.15) is 30.1 Å². The number of alkyl carbamates (subject to hydrolysis) is 1. The molecule has 0 radical (unpaired) electrons. The van der Waals surface area contributed by atoms with E-state index in [-0.39, 0.29) is 26.2 Å². The number of carbonyl (C=O) groups excluding carboxylic acids is 1. The fourth-order valence-electron chi connectivity index (χ4n) is 3.27. The second-order valence-electron chi connectivity index (χ2n) is 8.85. The third-order valence-corrected chi connectivity index (χ3v) is 4.83. The molecule has 0 heterocycles. The lowest BCUT2D eigenvalue weighted by Crippen LogP contribution is -2.57. The minimum Gasteiger partial charge on any atom is -0.491 e. The van der Waals surface area contributed by atoms with E-state index in [1.54, 1.807) is 45.0 Å². The second kappa shape index (κ2) is 12.9. The van der Waals surface area contributed by atoms with E-state index in [1.807, 2.05) is 30.3 Å². The number of hydrogen-bond donors (Lipinski definition) is 5. The Morgan fingerprint density at radius 2 is 1.65 bits per heavy atom. The number of carbonyl (C=O) groups is 2.